The number of anilines is 1. The molecule has 1 aliphatic heterocycles. The third-order valence-electron chi connectivity index (χ3n) is 4.54. The van der Waals surface area contributed by atoms with Crippen LogP contribution in [0.25, 0.3) is 0 Å². The summed E-state index contributed by atoms with van der Waals surface area (Å²) < 4.78 is 29.3. The van der Waals surface area contributed by atoms with Crippen molar-refractivity contribution in [2.75, 3.05) is 25.0 Å². The van der Waals surface area contributed by atoms with Crippen molar-refractivity contribution in [1.82, 2.24) is 4.90 Å². The first-order chi connectivity index (χ1) is 11.3. The second-order valence-electron chi connectivity index (χ2n) is 6.26. The highest BCUT2D eigenvalue weighted by atomic mass is 19.3. The van der Waals surface area contributed by atoms with Gasteiger partial charge in [-0.1, -0.05) is 0 Å². The molecule has 6 nitrogen and oxygen atoms in total. The number of piperidine rings is 1. The first-order valence-corrected chi connectivity index (χ1v) is 7.99. The largest absolute Gasteiger partial charge is 0.427 e. The Kier molecular flexibility index (Phi) is 5.93. The van der Waals surface area contributed by atoms with Crippen LogP contribution in [0.4, 0.5) is 20.2 Å². The Labute approximate surface area is 140 Å². The summed E-state index contributed by atoms with van der Waals surface area (Å²) in [6, 6.07) is 4.87. The lowest BCUT2D eigenvalue weighted by atomic mass is 10.0. The molecule has 1 aliphatic rings. The van der Waals surface area contributed by atoms with Gasteiger partial charge in [0.1, 0.15) is 0 Å². The van der Waals surface area contributed by atoms with Gasteiger partial charge in [0, 0.05) is 50.0 Å². The lowest BCUT2D eigenvalue weighted by Crippen LogP contribution is -2.45. The van der Waals surface area contributed by atoms with Crippen LogP contribution in [0.1, 0.15) is 26.7 Å². The molecule has 1 fully saturated rings. The van der Waals surface area contributed by atoms with Crippen molar-refractivity contribution in [3.63, 3.8) is 0 Å². The Morgan fingerprint density at radius 2 is 1.96 bits per heavy atom. The van der Waals surface area contributed by atoms with E-state index < -0.39 is 23.0 Å². The predicted molar refractivity (Wildman–Crippen MR) is 87.9 cm³/mol. The highest BCUT2D eigenvalue weighted by Crippen LogP contribution is 2.34. The molecule has 2 rings (SSSR count). The van der Waals surface area contributed by atoms with E-state index in [-0.39, 0.29) is 6.04 Å². The van der Waals surface area contributed by atoms with Gasteiger partial charge in [0.25, 0.3) is 0 Å². The van der Waals surface area contributed by atoms with E-state index in [2.05, 4.69) is 23.5 Å². The molecule has 8 heteroatoms. The van der Waals surface area contributed by atoms with E-state index in [0.29, 0.717) is 11.7 Å². The molecule has 0 aromatic heterocycles. The van der Waals surface area contributed by atoms with Crippen LogP contribution in [0.3, 0.4) is 0 Å². The number of ether oxygens (including phenoxy) is 1. The molecule has 1 aromatic carbocycles. The number of likely N-dealkylation sites (tertiary alicyclic amines) is 1. The molecule has 0 radical (unpaired) electrons. The minimum atomic E-state index is -3.10. The summed E-state index contributed by atoms with van der Waals surface area (Å²) in [5, 5.41) is 10.9. The molecule has 0 aliphatic carbocycles. The Morgan fingerprint density at radius 1 is 1.33 bits per heavy atom. The van der Waals surface area contributed by atoms with E-state index >= 15 is 0 Å². The van der Waals surface area contributed by atoms with Gasteiger partial charge in [0.2, 0.25) is 5.75 Å². The predicted octanol–water partition coefficient (Wildman–Crippen LogP) is 3.51. The van der Waals surface area contributed by atoms with Gasteiger partial charge in [0.15, 0.2) is 0 Å². The molecular formula is C16H23F2N3O3. The van der Waals surface area contributed by atoms with E-state index in [1.165, 1.54) is 12.1 Å². The lowest BCUT2D eigenvalue weighted by Gasteiger charge is -2.39. The number of benzene rings is 1. The minimum absolute atomic E-state index is 0.265. The van der Waals surface area contributed by atoms with Crippen molar-refractivity contribution < 1.29 is 18.4 Å². The number of hydrogen-bond donors (Lipinski definition) is 0. The first kappa shape index (κ1) is 18.4. The van der Waals surface area contributed by atoms with Crippen LogP contribution < -0.4 is 9.64 Å². The van der Waals surface area contributed by atoms with Gasteiger partial charge in [0.05, 0.1) is 4.92 Å². The fraction of sp³-hybridized carbons (Fsp3) is 0.625. The van der Waals surface area contributed by atoms with Crippen molar-refractivity contribution in [3.05, 3.63) is 28.3 Å². The van der Waals surface area contributed by atoms with E-state index in [1.807, 2.05) is 11.9 Å². The second kappa shape index (κ2) is 7.74. The molecule has 24 heavy (non-hydrogen) atoms. The van der Waals surface area contributed by atoms with E-state index in [9.17, 15) is 18.9 Å². The Morgan fingerprint density at radius 3 is 2.46 bits per heavy atom. The highest BCUT2D eigenvalue weighted by Gasteiger charge is 2.26. The number of nitrogens with zero attached hydrogens (tertiary/aromatic N) is 3. The monoisotopic (exact) mass is 343 g/mol. The van der Waals surface area contributed by atoms with Gasteiger partial charge in [-0.2, -0.15) is 8.78 Å². The standard InChI is InChI=1S/C16H23F2N3O3/c1-11(2)20-8-6-12(7-9-20)19(3)13-4-5-14(21(22)23)15(10-13)24-16(17)18/h4-5,10-12,16H,6-9H2,1-3H3. The number of hydrogen-bond acceptors (Lipinski definition) is 5. The van der Waals surface area contributed by atoms with Crippen LogP contribution in [0.5, 0.6) is 5.75 Å². The second-order valence-corrected chi connectivity index (χ2v) is 6.26. The topological polar surface area (TPSA) is 58.9 Å². The molecule has 0 amide bonds. The maximum absolute atomic E-state index is 12.5. The number of alkyl halides is 2. The van der Waals surface area contributed by atoms with Crippen molar-refractivity contribution in [2.45, 2.75) is 45.4 Å². The van der Waals surface area contributed by atoms with Crippen molar-refractivity contribution >= 4 is 11.4 Å². The number of rotatable bonds is 6. The van der Waals surface area contributed by atoms with Crippen molar-refractivity contribution in [3.8, 4) is 5.75 Å². The molecule has 0 unspecified atom stereocenters. The fourth-order valence-corrected chi connectivity index (χ4v) is 3.06. The number of nitro groups is 1. The molecule has 0 atom stereocenters. The van der Waals surface area contributed by atoms with Crippen LogP contribution in [0.2, 0.25) is 0 Å². The third-order valence-corrected chi connectivity index (χ3v) is 4.54. The number of nitro benzene ring substituents is 1. The fourth-order valence-electron chi connectivity index (χ4n) is 3.06. The molecule has 0 saturated carbocycles. The highest BCUT2D eigenvalue weighted by molar-refractivity contribution is 5.59. The zero-order valence-corrected chi connectivity index (χ0v) is 14.1. The summed E-state index contributed by atoms with van der Waals surface area (Å²) in [6.07, 6.45) is 1.91. The van der Waals surface area contributed by atoms with Gasteiger partial charge in [-0.15, -0.1) is 0 Å². The summed E-state index contributed by atoms with van der Waals surface area (Å²) in [5.41, 5.74) is 0.182. The average molecular weight is 343 g/mol. The van der Waals surface area contributed by atoms with Crippen LogP contribution in [0.15, 0.2) is 18.2 Å². The SMILES string of the molecule is CC(C)N1CCC(N(C)c2ccc([N+](=O)[O-])c(OC(F)F)c2)CC1. The maximum atomic E-state index is 12.5. The lowest BCUT2D eigenvalue weighted by molar-refractivity contribution is -0.386. The van der Waals surface area contributed by atoms with E-state index in [1.54, 1.807) is 6.07 Å². The van der Waals surface area contributed by atoms with Crippen LogP contribution in [-0.4, -0.2) is 48.7 Å². The van der Waals surface area contributed by atoms with Gasteiger partial charge in [-0.25, -0.2) is 0 Å². The quantitative estimate of drug-likeness (QED) is 0.584. The maximum Gasteiger partial charge on any atom is 0.387 e. The third kappa shape index (κ3) is 4.31. The van der Waals surface area contributed by atoms with Crippen LogP contribution in [-0.2, 0) is 0 Å². The van der Waals surface area contributed by atoms with Gasteiger partial charge in [-0.05, 0) is 32.8 Å². The van der Waals surface area contributed by atoms with Gasteiger partial charge < -0.3 is 14.5 Å². The normalized spacial score (nSPS) is 16.6. The Hall–Kier alpha value is -1.96. The molecule has 0 bridgehead atoms. The summed E-state index contributed by atoms with van der Waals surface area (Å²) >= 11 is 0. The molecule has 0 N–H and O–H groups in total. The molecule has 1 aromatic rings. The van der Waals surface area contributed by atoms with Crippen LogP contribution >= 0.6 is 0 Å². The Bertz CT molecular complexity index is 576. The van der Waals surface area contributed by atoms with Crippen molar-refractivity contribution in [2.24, 2.45) is 0 Å². The average Bonchev–Trinajstić information content (AvgIpc) is 2.53. The molecule has 1 heterocycles. The van der Waals surface area contributed by atoms with E-state index in [0.717, 1.165) is 25.9 Å². The van der Waals surface area contributed by atoms with Gasteiger partial charge in [-0.3, -0.25) is 10.1 Å². The molecular weight excluding hydrogens is 320 g/mol. The Balaban J connectivity index is 2.15. The summed E-state index contributed by atoms with van der Waals surface area (Å²) in [5.74, 6) is -0.404. The summed E-state index contributed by atoms with van der Waals surface area (Å²) in [4.78, 5) is 14.6. The van der Waals surface area contributed by atoms with Crippen LogP contribution in [0, 0.1) is 10.1 Å². The molecule has 0 spiro atoms. The molecule has 1 saturated heterocycles. The summed E-state index contributed by atoms with van der Waals surface area (Å²) in [6.45, 7) is 3.17. The summed E-state index contributed by atoms with van der Waals surface area (Å²) in [7, 11) is 1.88. The van der Waals surface area contributed by atoms with Crippen molar-refractivity contribution in [1.29, 1.82) is 0 Å². The molecule has 134 valence electrons. The smallest absolute Gasteiger partial charge is 0.387 e. The minimum Gasteiger partial charge on any atom is -0.427 e. The first-order valence-electron chi connectivity index (χ1n) is 7.99. The van der Waals surface area contributed by atoms with E-state index in [4.69, 9.17) is 0 Å². The zero-order chi connectivity index (χ0) is 17.9. The number of halogens is 2. The zero-order valence-electron chi connectivity index (χ0n) is 14.1. The van der Waals surface area contributed by atoms with Gasteiger partial charge >= 0.3 is 12.3 Å².